The molecule has 1 unspecified atom stereocenters. The highest BCUT2D eigenvalue weighted by molar-refractivity contribution is 7.15. The van der Waals surface area contributed by atoms with Crippen LogP contribution in [0.2, 0.25) is 0 Å². The normalized spacial score (nSPS) is 23.5. The molecule has 0 saturated carbocycles. The average molecular weight is 322 g/mol. The van der Waals surface area contributed by atoms with Gasteiger partial charge in [0.15, 0.2) is 0 Å². The molecule has 4 rings (SSSR count). The summed E-state index contributed by atoms with van der Waals surface area (Å²) in [5, 5.41) is 16.6. The molecule has 1 atom stereocenters. The molecule has 0 bridgehead atoms. The number of imidazole rings is 1. The number of nitro groups is 1. The highest BCUT2D eigenvalue weighted by atomic mass is 32.1. The van der Waals surface area contributed by atoms with E-state index in [-0.39, 0.29) is 10.7 Å². The summed E-state index contributed by atoms with van der Waals surface area (Å²) >= 11 is 1.43. The molecule has 118 valence electrons. The number of piperazine rings is 1. The second-order valence-corrected chi connectivity index (χ2v) is 6.62. The molecule has 2 saturated heterocycles. The van der Waals surface area contributed by atoms with Crippen LogP contribution in [-0.4, -0.2) is 64.5 Å². The van der Waals surface area contributed by atoms with Gasteiger partial charge in [0.2, 0.25) is 5.82 Å². The van der Waals surface area contributed by atoms with Gasteiger partial charge < -0.3 is 20.3 Å². The Balaban J connectivity index is 1.59. The van der Waals surface area contributed by atoms with Crippen LogP contribution < -0.4 is 10.2 Å². The van der Waals surface area contributed by atoms with Crippen LogP contribution in [0.15, 0.2) is 11.6 Å². The number of hydrogen-bond donors (Lipinski definition) is 1. The van der Waals surface area contributed by atoms with Gasteiger partial charge in [-0.15, -0.1) is 0 Å². The molecule has 22 heavy (non-hydrogen) atoms. The Labute approximate surface area is 131 Å². The second kappa shape index (κ2) is 5.49. The minimum Gasteiger partial charge on any atom is -0.358 e. The van der Waals surface area contributed by atoms with Crippen molar-refractivity contribution in [1.82, 2.24) is 19.6 Å². The first-order valence-electron chi connectivity index (χ1n) is 7.53. The van der Waals surface area contributed by atoms with Crippen molar-refractivity contribution in [3.05, 3.63) is 21.7 Å². The Hall–Kier alpha value is -1.71. The van der Waals surface area contributed by atoms with Gasteiger partial charge in [-0.3, -0.25) is 4.90 Å². The van der Waals surface area contributed by atoms with Crippen LogP contribution in [0.4, 0.5) is 11.6 Å². The summed E-state index contributed by atoms with van der Waals surface area (Å²) in [7, 11) is 0. The predicted octanol–water partition coefficient (Wildman–Crippen LogP) is 0.788. The van der Waals surface area contributed by atoms with Gasteiger partial charge >= 0.3 is 5.82 Å². The summed E-state index contributed by atoms with van der Waals surface area (Å²) in [6.07, 6.45) is 2.76. The maximum Gasteiger partial charge on any atom is 0.373 e. The minimum absolute atomic E-state index is 0.0946. The first-order valence-corrected chi connectivity index (χ1v) is 8.41. The van der Waals surface area contributed by atoms with E-state index in [4.69, 9.17) is 0 Å². The number of fused-ring (bicyclic) bond motifs is 1. The molecule has 1 N–H and O–H groups in total. The first-order chi connectivity index (χ1) is 10.7. The van der Waals surface area contributed by atoms with Crippen LogP contribution in [-0.2, 0) is 0 Å². The summed E-state index contributed by atoms with van der Waals surface area (Å²) in [6.45, 7) is 5.82. The van der Waals surface area contributed by atoms with Gasteiger partial charge in [-0.1, -0.05) is 11.3 Å². The fraction of sp³-hybridized carbons (Fsp3) is 0.615. The summed E-state index contributed by atoms with van der Waals surface area (Å²) in [5.74, 6) is 0.617. The van der Waals surface area contributed by atoms with Crippen molar-refractivity contribution < 1.29 is 4.92 Å². The predicted molar refractivity (Wildman–Crippen MR) is 84.8 cm³/mol. The Morgan fingerprint density at radius 1 is 1.36 bits per heavy atom. The van der Waals surface area contributed by atoms with Crippen molar-refractivity contribution in [2.75, 3.05) is 44.2 Å². The molecule has 2 aromatic rings. The van der Waals surface area contributed by atoms with Crippen LogP contribution in [0.1, 0.15) is 6.42 Å². The molecule has 2 aliphatic heterocycles. The van der Waals surface area contributed by atoms with Gasteiger partial charge in [-0.25, -0.2) is 0 Å². The van der Waals surface area contributed by atoms with E-state index in [9.17, 15) is 10.1 Å². The van der Waals surface area contributed by atoms with Gasteiger partial charge in [0.05, 0.1) is 0 Å². The smallest absolute Gasteiger partial charge is 0.358 e. The maximum atomic E-state index is 11.4. The van der Waals surface area contributed by atoms with Crippen molar-refractivity contribution in [3.63, 3.8) is 0 Å². The number of hydrogen-bond acceptors (Lipinski definition) is 7. The van der Waals surface area contributed by atoms with Crippen molar-refractivity contribution in [2.24, 2.45) is 0 Å². The maximum absolute atomic E-state index is 11.4. The monoisotopic (exact) mass is 322 g/mol. The van der Waals surface area contributed by atoms with Crippen molar-refractivity contribution in [2.45, 2.75) is 12.5 Å². The lowest BCUT2D eigenvalue weighted by Gasteiger charge is -2.32. The van der Waals surface area contributed by atoms with E-state index in [2.05, 4.69) is 20.1 Å². The molecule has 0 aromatic carbocycles. The Kier molecular flexibility index (Phi) is 3.47. The highest BCUT2D eigenvalue weighted by Crippen LogP contribution is 2.33. The van der Waals surface area contributed by atoms with E-state index >= 15 is 0 Å². The van der Waals surface area contributed by atoms with E-state index in [1.54, 1.807) is 10.6 Å². The summed E-state index contributed by atoms with van der Waals surface area (Å²) in [6, 6.07) is 0.474. The molecule has 2 aromatic heterocycles. The van der Waals surface area contributed by atoms with Gasteiger partial charge in [-0.2, -0.15) is 9.38 Å². The van der Waals surface area contributed by atoms with E-state index in [0.717, 1.165) is 45.7 Å². The molecule has 9 heteroatoms. The van der Waals surface area contributed by atoms with E-state index in [0.29, 0.717) is 16.8 Å². The topological polar surface area (TPSA) is 79.0 Å². The third-order valence-electron chi connectivity index (χ3n) is 4.52. The molecule has 0 aliphatic carbocycles. The lowest BCUT2D eigenvalue weighted by Crippen LogP contribution is -2.49. The quantitative estimate of drug-likeness (QED) is 0.665. The molecule has 0 radical (unpaired) electrons. The highest BCUT2D eigenvalue weighted by Gasteiger charge is 2.34. The van der Waals surface area contributed by atoms with Gasteiger partial charge in [0, 0.05) is 50.7 Å². The number of thiazole rings is 1. The van der Waals surface area contributed by atoms with E-state index in [1.807, 2.05) is 5.38 Å². The third-order valence-corrected chi connectivity index (χ3v) is 5.28. The van der Waals surface area contributed by atoms with Crippen molar-refractivity contribution >= 4 is 27.9 Å². The largest absolute Gasteiger partial charge is 0.373 e. The number of rotatable bonds is 3. The lowest BCUT2D eigenvalue weighted by molar-refractivity contribution is -0.389. The molecule has 4 heterocycles. The Morgan fingerprint density at radius 2 is 2.18 bits per heavy atom. The molecular weight excluding hydrogens is 304 g/mol. The molecule has 2 aliphatic rings. The third kappa shape index (κ3) is 2.25. The second-order valence-electron chi connectivity index (χ2n) is 5.75. The number of nitrogens with one attached hydrogen (secondary N) is 1. The van der Waals surface area contributed by atoms with Crippen LogP contribution in [0.5, 0.6) is 0 Å². The number of aromatic nitrogens is 2. The fourth-order valence-corrected chi connectivity index (χ4v) is 4.13. The first kappa shape index (κ1) is 13.9. The van der Waals surface area contributed by atoms with Crippen LogP contribution in [0.25, 0.3) is 4.96 Å². The Morgan fingerprint density at radius 3 is 2.95 bits per heavy atom. The van der Waals surface area contributed by atoms with Gasteiger partial charge in [-0.05, 0) is 11.3 Å². The standard InChI is InChI=1S/C13H18N6O2S/c20-19(21)12-11(15-13-18(12)7-8-22-13)17-4-1-10(9-17)16-5-2-14-3-6-16/h7-8,10,14H,1-6,9H2. The minimum atomic E-state index is -0.319. The molecule has 0 spiro atoms. The molecule has 2 fully saturated rings. The van der Waals surface area contributed by atoms with Crippen LogP contribution in [0, 0.1) is 10.1 Å². The number of nitrogens with zero attached hydrogens (tertiary/aromatic N) is 5. The summed E-state index contributed by atoms with van der Waals surface area (Å²) in [5.41, 5.74) is 0. The summed E-state index contributed by atoms with van der Waals surface area (Å²) < 4.78 is 1.58. The van der Waals surface area contributed by atoms with Crippen LogP contribution >= 0.6 is 11.3 Å². The van der Waals surface area contributed by atoms with E-state index < -0.39 is 0 Å². The SMILES string of the molecule is O=[N+]([O-])c1c(N2CCC(N3CCNCC3)C2)nc2sccn12. The zero-order valence-electron chi connectivity index (χ0n) is 12.1. The summed E-state index contributed by atoms with van der Waals surface area (Å²) in [4.78, 5) is 20.9. The molecular formula is C13H18N6O2S. The van der Waals surface area contributed by atoms with Crippen molar-refractivity contribution in [3.8, 4) is 0 Å². The van der Waals surface area contributed by atoms with E-state index in [1.165, 1.54) is 11.3 Å². The fourth-order valence-electron chi connectivity index (χ4n) is 3.42. The van der Waals surface area contributed by atoms with Gasteiger partial charge in [0.25, 0.3) is 4.96 Å². The average Bonchev–Trinajstić information content (AvgIpc) is 3.22. The van der Waals surface area contributed by atoms with Gasteiger partial charge in [0.1, 0.15) is 6.20 Å². The molecule has 0 amide bonds. The van der Waals surface area contributed by atoms with Crippen molar-refractivity contribution in [1.29, 1.82) is 0 Å². The molecule has 8 nitrogen and oxygen atoms in total. The number of anilines is 1. The lowest BCUT2D eigenvalue weighted by atomic mass is 10.2. The zero-order chi connectivity index (χ0) is 15.1. The zero-order valence-corrected chi connectivity index (χ0v) is 13.0. The van der Waals surface area contributed by atoms with Crippen LogP contribution in [0.3, 0.4) is 0 Å². The Bertz CT molecular complexity index is 692.